The average Bonchev–Trinajstić information content (AvgIpc) is 3.34. The number of hydrogen-bond donors (Lipinski definition) is 1. The number of rotatable bonds is 5. The van der Waals surface area contributed by atoms with E-state index in [1.807, 2.05) is 0 Å². The average molecular weight is 601 g/mol. The number of aliphatic hydroxyl groups is 1. The van der Waals surface area contributed by atoms with E-state index in [4.69, 9.17) is 9.47 Å². The summed E-state index contributed by atoms with van der Waals surface area (Å²) < 4.78 is 55.3. The first-order valence-electron chi connectivity index (χ1n) is 11.5. The van der Waals surface area contributed by atoms with Crippen molar-refractivity contribution in [2.45, 2.75) is 56.0 Å². The molecule has 0 bridgehead atoms. The second-order valence-electron chi connectivity index (χ2n) is 10.3. The highest BCUT2D eigenvalue weighted by atomic mass is 79.9. The Balaban J connectivity index is 1.85. The fraction of sp³-hybridized carbons (Fsp3) is 0.462. The minimum atomic E-state index is -3.37. The highest BCUT2D eigenvalue weighted by molar-refractivity contribution is 9.10. The summed E-state index contributed by atoms with van der Waals surface area (Å²) in [6.45, 7) is 5.53. The molecule has 4 rings (SSSR count). The van der Waals surface area contributed by atoms with Crippen LogP contribution in [0.3, 0.4) is 0 Å². The van der Waals surface area contributed by atoms with Crippen molar-refractivity contribution in [1.29, 1.82) is 0 Å². The van der Waals surface area contributed by atoms with Crippen LogP contribution in [0.1, 0.15) is 38.8 Å². The van der Waals surface area contributed by atoms with Crippen molar-refractivity contribution < 1.29 is 32.5 Å². The zero-order chi connectivity index (χ0) is 27.4. The number of amides is 1. The highest BCUT2D eigenvalue weighted by Gasteiger charge is 2.88. The Morgan fingerprint density at radius 2 is 1.86 bits per heavy atom. The number of methoxy groups -OCH3 is 1. The van der Waals surface area contributed by atoms with Gasteiger partial charge in [0.15, 0.2) is 5.17 Å². The molecule has 0 saturated heterocycles. The Bertz CT molecular complexity index is 1240. The molecule has 11 heteroatoms. The Morgan fingerprint density at radius 1 is 1.22 bits per heavy atom. The van der Waals surface area contributed by atoms with E-state index in [0.717, 1.165) is 4.90 Å². The number of benzene rings is 2. The summed E-state index contributed by atoms with van der Waals surface area (Å²) in [6, 6.07) is 10.9. The molecule has 6 nitrogen and oxygen atoms in total. The fourth-order valence-electron chi connectivity index (χ4n) is 4.70. The summed E-state index contributed by atoms with van der Waals surface area (Å²) in [5.74, 6) is -4.97. The summed E-state index contributed by atoms with van der Waals surface area (Å²) in [5.41, 5.74) is -2.06. The van der Waals surface area contributed by atoms with Crippen molar-refractivity contribution in [2.75, 3.05) is 13.7 Å². The van der Waals surface area contributed by atoms with Gasteiger partial charge in [-0.3, -0.25) is 9.89 Å². The molecule has 2 aromatic carbocycles. The predicted octanol–water partition coefficient (Wildman–Crippen LogP) is 6.35. The van der Waals surface area contributed by atoms with Crippen LogP contribution < -0.4 is 4.74 Å². The smallest absolute Gasteiger partial charge is 0.416 e. The van der Waals surface area contributed by atoms with Crippen molar-refractivity contribution in [1.82, 2.24) is 4.90 Å². The van der Waals surface area contributed by atoms with Gasteiger partial charge >= 0.3 is 6.09 Å². The van der Waals surface area contributed by atoms with E-state index in [-0.39, 0.29) is 17.3 Å². The lowest BCUT2D eigenvalue weighted by molar-refractivity contribution is 0.0362. The third-order valence-electron chi connectivity index (χ3n) is 6.53. The second-order valence-corrected chi connectivity index (χ2v) is 12.5. The maximum absolute atomic E-state index is 15.5. The zero-order valence-corrected chi connectivity index (χ0v) is 23.4. The number of alkyl halides is 2. The van der Waals surface area contributed by atoms with Crippen LogP contribution in [0.4, 0.5) is 18.0 Å². The lowest BCUT2D eigenvalue weighted by atomic mass is 9.85. The van der Waals surface area contributed by atoms with Gasteiger partial charge in [0.1, 0.15) is 21.9 Å². The van der Waals surface area contributed by atoms with Crippen molar-refractivity contribution in [3.8, 4) is 5.75 Å². The van der Waals surface area contributed by atoms with Gasteiger partial charge in [0, 0.05) is 10.0 Å². The third-order valence-corrected chi connectivity index (χ3v) is 8.51. The minimum Gasteiger partial charge on any atom is -0.497 e. The Kier molecular flexibility index (Phi) is 7.13. The van der Waals surface area contributed by atoms with Crippen LogP contribution in [0.5, 0.6) is 5.75 Å². The SMILES string of the molecule is COc1ccc(CN(C(=O)OC(C)(C)C)C2=N[C@](C)(c3cc(Br)ccc3F)C3C(F)(F)C3(CO)S2)cc1. The standard InChI is InChI=1S/C26H28BrF3N2O4S/c1-23(2,3)36-22(34)32(13-15-6-9-17(35-5)10-7-15)21-31-24(4,18-12-16(27)8-11-19(18)28)20-25(14-33,37-21)26(20,29)30/h6-12,20,33H,13-14H2,1-5H3/t20?,24-,25?/m1/s1. The molecule has 200 valence electrons. The van der Waals surface area contributed by atoms with Crippen LogP contribution in [0.25, 0.3) is 0 Å². The fourth-order valence-corrected chi connectivity index (χ4v) is 6.63. The first-order valence-corrected chi connectivity index (χ1v) is 13.2. The van der Waals surface area contributed by atoms with E-state index in [9.17, 15) is 9.90 Å². The minimum absolute atomic E-state index is 0.0560. The molecule has 1 aliphatic heterocycles. The number of halogens is 4. The Morgan fingerprint density at radius 3 is 2.43 bits per heavy atom. The van der Waals surface area contributed by atoms with Gasteiger partial charge in [0.05, 0.1) is 31.7 Å². The number of hydrogen-bond acceptors (Lipinski definition) is 6. The number of fused-ring (bicyclic) bond motifs is 1. The number of amidine groups is 1. The molecule has 0 aromatic heterocycles. The number of ether oxygens (including phenoxy) is 2. The molecule has 2 aromatic rings. The van der Waals surface area contributed by atoms with Gasteiger partial charge in [-0.25, -0.2) is 18.0 Å². The van der Waals surface area contributed by atoms with E-state index in [2.05, 4.69) is 20.9 Å². The van der Waals surface area contributed by atoms with Gasteiger partial charge in [-0.15, -0.1) is 0 Å². The maximum atomic E-state index is 15.5. The number of aliphatic imine (C=N–C) groups is 1. The number of carbonyl (C=O) groups excluding carboxylic acids is 1. The molecular formula is C26H28BrF3N2O4S. The largest absolute Gasteiger partial charge is 0.497 e. The molecule has 0 radical (unpaired) electrons. The van der Waals surface area contributed by atoms with Crippen LogP contribution in [-0.4, -0.2) is 51.3 Å². The summed E-state index contributed by atoms with van der Waals surface area (Å²) in [4.78, 5) is 19.1. The second kappa shape index (κ2) is 9.50. The normalized spacial score (nSPS) is 26.1. The predicted molar refractivity (Wildman–Crippen MR) is 140 cm³/mol. The summed E-state index contributed by atoms with van der Waals surface area (Å²) in [7, 11) is 1.53. The molecule has 1 saturated carbocycles. The number of carbonyl (C=O) groups is 1. The van der Waals surface area contributed by atoms with E-state index >= 15 is 13.2 Å². The van der Waals surface area contributed by atoms with Crippen LogP contribution >= 0.6 is 27.7 Å². The number of aliphatic hydroxyl groups excluding tert-OH is 1. The Hall–Kier alpha value is -2.24. The van der Waals surface area contributed by atoms with Crippen molar-refractivity contribution in [3.05, 3.63) is 63.9 Å². The lowest BCUT2D eigenvalue weighted by Crippen LogP contribution is -2.45. The van der Waals surface area contributed by atoms with E-state index in [0.29, 0.717) is 27.5 Å². The van der Waals surface area contributed by atoms with E-state index in [1.54, 1.807) is 45.0 Å². The number of nitrogens with zero attached hydrogens (tertiary/aromatic N) is 2. The van der Waals surface area contributed by atoms with Gasteiger partial charge in [-0.1, -0.05) is 39.8 Å². The summed E-state index contributed by atoms with van der Waals surface area (Å²) in [6.07, 6.45) is -0.804. The number of thioether (sulfide) groups is 1. The molecule has 2 unspecified atom stereocenters. The molecule has 2 aliphatic rings. The first kappa shape index (κ1) is 27.8. The molecule has 1 fully saturated rings. The summed E-state index contributed by atoms with van der Waals surface area (Å²) in [5, 5.41) is 10.1. The van der Waals surface area contributed by atoms with Crippen LogP contribution in [0.15, 0.2) is 51.9 Å². The Labute approximate surface area is 226 Å². The molecule has 1 aliphatic carbocycles. The first-order chi connectivity index (χ1) is 17.2. The third kappa shape index (κ3) is 4.85. The molecule has 1 amide bonds. The molecule has 3 atom stereocenters. The summed E-state index contributed by atoms with van der Waals surface area (Å²) >= 11 is 3.91. The van der Waals surface area contributed by atoms with Gasteiger partial charge in [-0.2, -0.15) is 0 Å². The van der Waals surface area contributed by atoms with Crippen molar-refractivity contribution in [3.63, 3.8) is 0 Å². The van der Waals surface area contributed by atoms with Gasteiger partial charge in [0.25, 0.3) is 5.92 Å². The maximum Gasteiger partial charge on any atom is 0.416 e. The van der Waals surface area contributed by atoms with Crippen LogP contribution in [0.2, 0.25) is 0 Å². The van der Waals surface area contributed by atoms with Gasteiger partial charge < -0.3 is 14.6 Å². The molecule has 1 N–H and O–H groups in total. The van der Waals surface area contributed by atoms with Gasteiger partial charge in [-0.05, 0) is 63.6 Å². The zero-order valence-electron chi connectivity index (χ0n) is 21.0. The quantitative estimate of drug-likeness (QED) is 0.433. The molecule has 37 heavy (non-hydrogen) atoms. The molecule has 0 spiro atoms. The van der Waals surface area contributed by atoms with Crippen LogP contribution in [-0.2, 0) is 16.8 Å². The van der Waals surface area contributed by atoms with Crippen molar-refractivity contribution >= 4 is 39.0 Å². The van der Waals surface area contributed by atoms with Crippen molar-refractivity contribution in [2.24, 2.45) is 10.9 Å². The monoisotopic (exact) mass is 600 g/mol. The lowest BCUT2D eigenvalue weighted by Gasteiger charge is -2.36. The highest BCUT2D eigenvalue weighted by Crippen LogP contribution is 2.75. The van der Waals surface area contributed by atoms with Gasteiger partial charge in [0.2, 0.25) is 0 Å². The molecular weight excluding hydrogens is 573 g/mol. The van der Waals surface area contributed by atoms with E-state index < -0.39 is 46.2 Å². The van der Waals surface area contributed by atoms with E-state index in [1.165, 1.54) is 32.2 Å². The molecule has 1 heterocycles. The van der Waals surface area contributed by atoms with Crippen LogP contribution in [0, 0.1) is 11.7 Å². The topological polar surface area (TPSA) is 71.4 Å².